The fraction of sp³-hybridized carbons (Fsp3) is 0.500. The molecule has 0 aromatic rings. The first-order valence-electron chi connectivity index (χ1n) is 3.32. The highest BCUT2D eigenvalue weighted by Gasteiger charge is 2.17. The lowest BCUT2D eigenvalue weighted by atomic mass is 10.00. The van der Waals surface area contributed by atoms with Crippen molar-refractivity contribution >= 4 is 15.9 Å². The number of methoxy groups -OCH3 is 1. The molecule has 0 amide bonds. The smallest absolute Gasteiger partial charge is 0.0826 e. The van der Waals surface area contributed by atoms with Gasteiger partial charge in [-0.3, -0.25) is 0 Å². The molecule has 1 rings (SSSR count). The Morgan fingerprint density at radius 1 is 1.60 bits per heavy atom. The molecule has 56 valence electrons. The summed E-state index contributed by atoms with van der Waals surface area (Å²) in [6, 6.07) is 0. The van der Waals surface area contributed by atoms with Crippen LogP contribution in [0.5, 0.6) is 0 Å². The van der Waals surface area contributed by atoms with E-state index >= 15 is 0 Å². The van der Waals surface area contributed by atoms with Gasteiger partial charge in [-0.25, -0.2) is 0 Å². The van der Waals surface area contributed by atoms with Crippen molar-refractivity contribution in [3.63, 3.8) is 0 Å². The minimum absolute atomic E-state index is 0.236. The number of allylic oxidation sites excluding steroid dienone is 2. The summed E-state index contributed by atoms with van der Waals surface area (Å²) in [5, 5.41) is 0. The average Bonchev–Trinajstić information content (AvgIpc) is 1.95. The van der Waals surface area contributed by atoms with Gasteiger partial charge in [0.15, 0.2) is 0 Å². The minimum atomic E-state index is 0.236. The van der Waals surface area contributed by atoms with E-state index in [2.05, 4.69) is 35.0 Å². The average molecular weight is 203 g/mol. The van der Waals surface area contributed by atoms with Gasteiger partial charge < -0.3 is 4.74 Å². The van der Waals surface area contributed by atoms with Crippen LogP contribution in [0.15, 0.2) is 22.7 Å². The fourth-order valence-corrected chi connectivity index (χ4v) is 1.43. The van der Waals surface area contributed by atoms with E-state index in [0.717, 1.165) is 0 Å². The van der Waals surface area contributed by atoms with Gasteiger partial charge in [0.2, 0.25) is 0 Å². The predicted octanol–water partition coefficient (Wildman–Crippen LogP) is 2.49. The van der Waals surface area contributed by atoms with Crippen LogP contribution in [0, 0.1) is 5.92 Å². The zero-order valence-electron chi connectivity index (χ0n) is 6.17. The molecule has 0 saturated carbocycles. The molecule has 1 aliphatic rings. The summed E-state index contributed by atoms with van der Waals surface area (Å²) < 4.78 is 6.43. The molecule has 1 aliphatic carbocycles. The maximum absolute atomic E-state index is 5.22. The van der Waals surface area contributed by atoms with Crippen molar-refractivity contribution in [3.8, 4) is 0 Å². The molecule has 2 atom stereocenters. The molecular formula is C8H11BrO. The van der Waals surface area contributed by atoms with Gasteiger partial charge >= 0.3 is 0 Å². The second kappa shape index (κ2) is 3.35. The first-order chi connectivity index (χ1) is 4.75. The van der Waals surface area contributed by atoms with Crippen molar-refractivity contribution in [1.29, 1.82) is 0 Å². The zero-order valence-corrected chi connectivity index (χ0v) is 7.76. The third-order valence-electron chi connectivity index (χ3n) is 1.76. The van der Waals surface area contributed by atoms with Crippen LogP contribution in [0.1, 0.15) is 6.92 Å². The summed E-state index contributed by atoms with van der Waals surface area (Å²) in [5.41, 5.74) is 0. The maximum Gasteiger partial charge on any atom is 0.0826 e. The van der Waals surface area contributed by atoms with Crippen LogP contribution in [0.3, 0.4) is 0 Å². The second-order valence-corrected chi connectivity index (χ2v) is 3.34. The monoisotopic (exact) mass is 202 g/mol. The molecule has 0 N–H and O–H groups in total. The number of hydrogen-bond acceptors (Lipinski definition) is 1. The van der Waals surface area contributed by atoms with E-state index in [0.29, 0.717) is 5.92 Å². The molecule has 0 bridgehead atoms. The Bertz CT molecular complexity index is 172. The normalized spacial score (nSPS) is 32.1. The van der Waals surface area contributed by atoms with Gasteiger partial charge in [0.05, 0.1) is 6.10 Å². The standard InChI is InChI=1S/C8H11BrO/c1-6-7(9)4-3-5-8(6)10-2/h3-6,8H,1-2H3. The van der Waals surface area contributed by atoms with Crippen molar-refractivity contribution in [2.75, 3.05) is 7.11 Å². The maximum atomic E-state index is 5.22. The van der Waals surface area contributed by atoms with Gasteiger partial charge in [0, 0.05) is 17.5 Å². The molecular weight excluding hydrogens is 192 g/mol. The topological polar surface area (TPSA) is 9.23 Å². The van der Waals surface area contributed by atoms with Crippen molar-refractivity contribution < 1.29 is 4.74 Å². The molecule has 0 aliphatic heterocycles. The second-order valence-electron chi connectivity index (χ2n) is 2.43. The highest BCUT2D eigenvalue weighted by atomic mass is 79.9. The van der Waals surface area contributed by atoms with E-state index in [1.54, 1.807) is 7.11 Å². The Morgan fingerprint density at radius 3 is 2.80 bits per heavy atom. The van der Waals surface area contributed by atoms with Crippen LogP contribution in [0.25, 0.3) is 0 Å². The molecule has 0 aromatic carbocycles. The van der Waals surface area contributed by atoms with Gasteiger partial charge in [-0.2, -0.15) is 0 Å². The Kier molecular flexibility index (Phi) is 2.69. The first-order valence-corrected chi connectivity index (χ1v) is 4.11. The van der Waals surface area contributed by atoms with Crippen molar-refractivity contribution in [1.82, 2.24) is 0 Å². The fourth-order valence-electron chi connectivity index (χ4n) is 1.02. The molecule has 10 heavy (non-hydrogen) atoms. The molecule has 0 saturated heterocycles. The number of hydrogen-bond donors (Lipinski definition) is 0. The summed E-state index contributed by atoms with van der Waals surface area (Å²) in [5.74, 6) is 0.454. The molecule has 2 unspecified atom stereocenters. The Labute approximate surface area is 69.9 Å². The van der Waals surface area contributed by atoms with E-state index in [1.807, 2.05) is 6.08 Å². The molecule has 0 spiro atoms. The van der Waals surface area contributed by atoms with Crippen LogP contribution in [-0.2, 0) is 4.74 Å². The van der Waals surface area contributed by atoms with Crippen LogP contribution in [0.2, 0.25) is 0 Å². The van der Waals surface area contributed by atoms with Gasteiger partial charge in [-0.05, 0) is 0 Å². The largest absolute Gasteiger partial charge is 0.377 e. The predicted molar refractivity (Wildman–Crippen MR) is 46.1 cm³/mol. The van der Waals surface area contributed by atoms with E-state index in [9.17, 15) is 0 Å². The van der Waals surface area contributed by atoms with Gasteiger partial charge in [-0.1, -0.05) is 41.1 Å². The molecule has 1 nitrogen and oxygen atoms in total. The summed E-state index contributed by atoms with van der Waals surface area (Å²) in [4.78, 5) is 0. The summed E-state index contributed by atoms with van der Waals surface area (Å²) in [6.07, 6.45) is 6.37. The Morgan fingerprint density at radius 2 is 2.30 bits per heavy atom. The number of rotatable bonds is 1. The molecule has 0 radical (unpaired) electrons. The van der Waals surface area contributed by atoms with Gasteiger partial charge in [0.25, 0.3) is 0 Å². The van der Waals surface area contributed by atoms with Crippen LogP contribution in [0.4, 0.5) is 0 Å². The molecule has 0 heterocycles. The van der Waals surface area contributed by atoms with Crippen LogP contribution in [-0.4, -0.2) is 13.2 Å². The summed E-state index contributed by atoms with van der Waals surface area (Å²) in [6.45, 7) is 2.14. The lowest BCUT2D eigenvalue weighted by molar-refractivity contribution is 0.111. The van der Waals surface area contributed by atoms with Crippen molar-refractivity contribution in [3.05, 3.63) is 22.7 Å². The number of halogens is 1. The van der Waals surface area contributed by atoms with E-state index < -0.39 is 0 Å². The third kappa shape index (κ3) is 1.50. The van der Waals surface area contributed by atoms with E-state index in [-0.39, 0.29) is 6.10 Å². The van der Waals surface area contributed by atoms with E-state index in [1.165, 1.54) is 4.48 Å². The zero-order chi connectivity index (χ0) is 7.56. The van der Waals surface area contributed by atoms with Crippen LogP contribution >= 0.6 is 15.9 Å². The quantitative estimate of drug-likeness (QED) is 0.636. The SMILES string of the molecule is COC1C=CC=C(Br)C1C. The highest BCUT2D eigenvalue weighted by molar-refractivity contribution is 9.11. The minimum Gasteiger partial charge on any atom is -0.377 e. The Hall–Kier alpha value is -0.0800. The van der Waals surface area contributed by atoms with Gasteiger partial charge in [0.1, 0.15) is 0 Å². The molecule has 2 heteroatoms. The van der Waals surface area contributed by atoms with E-state index in [4.69, 9.17) is 4.74 Å². The van der Waals surface area contributed by atoms with Crippen molar-refractivity contribution in [2.24, 2.45) is 5.92 Å². The number of ether oxygens (including phenoxy) is 1. The highest BCUT2D eigenvalue weighted by Crippen LogP contribution is 2.26. The molecule has 0 fully saturated rings. The summed E-state index contributed by atoms with van der Waals surface area (Å²) >= 11 is 3.46. The van der Waals surface area contributed by atoms with Gasteiger partial charge in [-0.15, -0.1) is 0 Å². The Balaban J connectivity index is 2.68. The third-order valence-corrected chi connectivity index (χ3v) is 2.74. The molecule has 0 aromatic heterocycles. The van der Waals surface area contributed by atoms with Crippen molar-refractivity contribution in [2.45, 2.75) is 13.0 Å². The lowest BCUT2D eigenvalue weighted by Gasteiger charge is -2.21. The first kappa shape index (κ1) is 8.02. The van der Waals surface area contributed by atoms with Crippen LogP contribution < -0.4 is 0 Å². The lowest BCUT2D eigenvalue weighted by Crippen LogP contribution is -2.19. The summed E-state index contributed by atoms with van der Waals surface area (Å²) in [7, 11) is 1.73.